The number of ether oxygens (including phenoxy) is 1. The molecule has 1 unspecified atom stereocenters. The van der Waals surface area contributed by atoms with Crippen molar-refractivity contribution in [3.63, 3.8) is 0 Å². The Labute approximate surface area is 220 Å². The first-order chi connectivity index (χ1) is 17.2. The number of aliphatic hydroxyl groups is 1. The van der Waals surface area contributed by atoms with E-state index in [9.17, 15) is 19.5 Å². The number of aliphatic hydroxyl groups excluding tert-OH is 1. The second-order valence-electron chi connectivity index (χ2n) is 10.1. The second kappa shape index (κ2) is 9.54. The molecular weight excluding hydrogens is 500 g/mol. The van der Waals surface area contributed by atoms with Gasteiger partial charge in [0.1, 0.15) is 12.6 Å². The number of benzene rings is 1. The first kappa shape index (κ1) is 25.4. The number of carbonyl (C=O) groups excluding carboxylic acids is 3. The van der Waals surface area contributed by atoms with E-state index in [2.05, 4.69) is 0 Å². The third-order valence-electron chi connectivity index (χ3n) is 7.83. The van der Waals surface area contributed by atoms with Crippen LogP contribution >= 0.6 is 23.4 Å². The largest absolute Gasteiger partial charge is 0.461 e. The van der Waals surface area contributed by atoms with E-state index in [4.69, 9.17) is 16.3 Å². The third-order valence-corrected chi connectivity index (χ3v) is 9.93. The quantitative estimate of drug-likeness (QED) is 0.344. The van der Waals surface area contributed by atoms with Crippen LogP contribution in [0.25, 0.3) is 0 Å². The van der Waals surface area contributed by atoms with E-state index in [1.807, 2.05) is 50.3 Å². The number of nitrogens with zero attached hydrogens (tertiary/aromatic N) is 2. The smallest absolute Gasteiger partial charge is 0.311 e. The predicted molar refractivity (Wildman–Crippen MR) is 140 cm³/mol. The van der Waals surface area contributed by atoms with Gasteiger partial charge in [-0.15, -0.1) is 11.8 Å². The number of fused-ring (bicyclic) bond motifs is 2. The maximum absolute atomic E-state index is 14.4. The van der Waals surface area contributed by atoms with Gasteiger partial charge in [0, 0.05) is 24.4 Å². The lowest BCUT2D eigenvalue weighted by atomic mass is 9.75. The Bertz CT molecular complexity index is 1130. The average molecular weight is 531 g/mol. The summed E-state index contributed by atoms with van der Waals surface area (Å²) in [4.78, 5) is 45.1. The Morgan fingerprint density at radius 2 is 1.92 bits per heavy atom. The fraction of sp³-hybridized carbons (Fsp3) is 0.519. The van der Waals surface area contributed by atoms with Crippen molar-refractivity contribution < 1.29 is 24.2 Å². The summed E-state index contributed by atoms with van der Waals surface area (Å²) in [5.74, 6) is -2.18. The highest BCUT2D eigenvalue weighted by Crippen LogP contribution is 2.65. The Kier molecular flexibility index (Phi) is 6.72. The van der Waals surface area contributed by atoms with Gasteiger partial charge >= 0.3 is 5.97 Å². The van der Waals surface area contributed by atoms with Gasteiger partial charge in [0.05, 0.1) is 27.3 Å². The SMILES string of the molecule is Cc1cccc(Cl)c1N1CC=C[C@]23S[C@]4(C)C=CCOC(=O)[C@@H]4[C@H]2C(=O)N(CCCCCO)C3C1=O. The fourth-order valence-electron chi connectivity index (χ4n) is 6.33. The molecule has 9 heteroatoms. The zero-order valence-corrected chi connectivity index (χ0v) is 22.1. The number of likely N-dealkylation sites (tertiary alicyclic amines) is 1. The number of aryl methyl sites for hydroxylation is 1. The van der Waals surface area contributed by atoms with Crippen molar-refractivity contribution in [3.8, 4) is 0 Å². The number of carbonyl (C=O) groups is 3. The Morgan fingerprint density at radius 3 is 2.67 bits per heavy atom. The van der Waals surface area contributed by atoms with Gasteiger partial charge in [0.15, 0.2) is 0 Å². The molecule has 1 N–H and O–H groups in total. The highest BCUT2D eigenvalue weighted by molar-refractivity contribution is 8.02. The van der Waals surface area contributed by atoms with E-state index in [-0.39, 0.29) is 25.0 Å². The van der Waals surface area contributed by atoms with Crippen LogP contribution in [0.2, 0.25) is 5.02 Å². The van der Waals surface area contributed by atoms with Crippen molar-refractivity contribution in [3.05, 3.63) is 53.1 Å². The number of hydrogen-bond acceptors (Lipinski definition) is 6. The topological polar surface area (TPSA) is 87.2 Å². The molecule has 4 heterocycles. The van der Waals surface area contributed by atoms with Gasteiger partial charge in [-0.2, -0.15) is 0 Å². The lowest BCUT2D eigenvalue weighted by Gasteiger charge is -2.37. The zero-order valence-electron chi connectivity index (χ0n) is 20.5. The van der Waals surface area contributed by atoms with Crippen LogP contribution in [0, 0.1) is 18.8 Å². The number of unbranched alkanes of at least 4 members (excludes halogenated alkanes) is 2. The van der Waals surface area contributed by atoms with E-state index in [1.54, 1.807) is 15.9 Å². The molecule has 2 saturated heterocycles. The molecule has 2 amide bonds. The number of thioether (sulfide) groups is 1. The van der Waals surface area contributed by atoms with Crippen LogP contribution in [0.4, 0.5) is 5.69 Å². The number of cyclic esters (lactones) is 1. The highest BCUT2D eigenvalue weighted by atomic mass is 35.5. The molecule has 5 rings (SSSR count). The van der Waals surface area contributed by atoms with Gasteiger partial charge in [-0.1, -0.05) is 42.0 Å². The number of anilines is 1. The summed E-state index contributed by atoms with van der Waals surface area (Å²) in [6.07, 6.45) is 9.75. The summed E-state index contributed by atoms with van der Waals surface area (Å²) in [5, 5.41) is 9.69. The van der Waals surface area contributed by atoms with Crippen molar-refractivity contribution in [1.29, 1.82) is 0 Å². The summed E-state index contributed by atoms with van der Waals surface area (Å²) < 4.78 is 3.89. The van der Waals surface area contributed by atoms with Crippen molar-refractivity contribution in [1.82, 2.24) is 4.90 Å². The molecular formula is C27H31ClN2O5S. The Hall–Kier alpha value is -2.29. The van der Waals surface area contributed by atoms with Crippen LogP contribution in [-0.4, -0.2) is 69.6 Å². The van der Waals surface area contributed by atoms with Crippen LogP contribution in [-0.2, 0) is 19.1 Å². The van der Waals surface area contributed by atoms with Crippen molar-refractivity contribution >= 4 is 46.8 Å². The monoisotopic (exact) mass is 530 g/mol. The molecule has 1 aromatic carbocycles. The molecule has 36 heavy (non-hydrogen) atoms. The van der Waals surface area contributed by atoms with Crippen LogP contribution in [0.1, 0.15) is 31.7 Å². The molecule has 1 aromatic rings. The summed E-state index contributed by atoms with van der Waals surface area (Å²) in [6, 6.07) is 4.75. The number of rotatable bonds is 6. The van der Waals surface area contributed by atoms with Crippen LogP contribution in [0.15, 0.2) is 42.5 Å². The average Bonchev–Trinajstić information content (AvgIpc) is 3.08. The first-order valence-electron chi connectivity index (χ1n) is 12.5. The first-order valence-corrected chi connectivity index (χ1v) is 13.6. The maximum Gasteiger partial charge on any atom is 0.311 e. The van der Waals surface area contributed by atoms with E-state index in [0.717, 1.165) is 12.0 Å². The van der Waals surface area contributed by atoms with E-state index in [1.165, 1.54) is 11.8 Å². The Balaban J connectivity index is 1.62. The van der Waals surface area contributed by atoms with E-state index in [0.29, 0.717) is 36.6 Å². The van der Waals surface area contributed by atoms with Crippen LogP contribution in [0.3, 0.4) is 0 Å². The van der Waals surface area contributed by atoms with Crippen LogP contribution < -0.4 is 4.90 Å². The normalized spacial score (nSPS) is 33.2. The number of hydrogen-bond donors (Lipinski definition) is 1. The van der Waals surface area contributed by atoms with Gasteiger partial charge in [0.25, 0.3) is 5.91 Å². The molecule has 2 fully saturated rings. The summed E-state index contributed by atoms with van der Waals surface area (Å²) in [6.45, 7) is 4.85. The minimum atomic E-state index is -0.908. The number of halogens is 1. The van der Waals surface area contributed by atoms with E-state index >= 15 is 0 Å². The van der Waals surface area contributed by atoms with Crippen molar-refractivity contribution in [2.24, 2.45) is 11.8 Å². The van der Waals surface area contributed by atoms with Gasteiger partial charge in [-0.3, -0.25) is 14.4 Å². The lowest BCUT2D eigenvalue weighted by molar-refractivity contribution is -0.152. The zero-order chi connectivity index (χ0) is 25.7. The number of amides is 2. The van der Waals surface area contributed by atoms with E-state index < -0.39 is 33.3 Å². The summed E-state index contributed by atoms with van der Waals surface area (Å²) in [5.41, 5.74) is 1.52. The predicted octanol–water partition coefficient (Wildman–Crippen LogP) is 3.51. The Morgan fingerprint density at radius 1 is 1.11 bits per heavy atom. The van der Waals surface area contributed by atoms with Gasteiger partial charge < -0.3 is 19.6 Å². The minimum absolute atomic E-state index is 0.0830. The molecule has 0 saturated carbocycles. The fourth-order valence-corrected chi connectivity index (χ4v) is 8.81. The minimum Gasteiger partial charge on any atom is -0.461 e. The van der Waals surface area contributed by atoms with Gasteiger partial charge in [-0.05, 0) is 50.8 Å². The summed E-state index contributed by atoms with van der Waals surface area (Å²) in [7, 11) is 0. The number of esters is 1. The summed E-state index contributed by atoms with van der Waals surface area (Å²) >= 11 is 8.11. The van der Waals surface area contributed by atoms with Gasteiger partial charge in [-0.25, -0.2) is 0 Å². The molecule has 0 bridgehead atoms. The molecule has 4 aliphatic rings. The maximum atomic E-state index is 14.4. The molecule has 4 aliphatic heterocycles. The van der Waals surface area contributed by atoms with Crippen molar-refractivity contribution in [2.45, 2.75) is 48.6 Å². The number of para-hydroxylation sites is 1. The standard InChI is InChI=1S/C27H31ClN2O5S/c1-17-9-6-10-18(28)21(17)29-14-7-12-27-19(20-25(34)35-16-8-11-26(20,2)36-27)23(32)30(22(27)24(29)33)13-4-3-5-15-31/h6-12,19-20,22,31H,3-5,13-16H2,1-2H3/t19-,20-,22?,26+,27-/m0/s1. The molecule has 5 atom stereocenters. The van der Waals surface area contributed by atoms with Crippen molar-refractivity contribution in [2.75, 3.05) is 31.2 Å². The molecule has 7 nitrogen and oxygen atoms in total. The molecule has 1 spiro atoms. The highest BCUT2D eigenvalue weighted by Gasteiger charge is 2.74. The van der Waals surface area contributed by atoms with Crippen LogP contribution in [0.5, 0.6) is 0 Å². The molecule has 0 aliphatic carbocycles. The molecule has 192 valence electrons. The molecule has 0 aromatic heterocycles. The molecule has 0 radical (unpaired) electrons. The lowest BCUT2D eigenvalue weighted by Crippen LogP contribution is -2.53. The third kappa shape index (κ3) is 3.80. The van der Waals surface area contributed by atoms with Gasteiger partial charge in [0.2, 0.25) is 5.91 Å². The second-order valence-corrected chi connectivity index (χ2v) is 12.3.